The normalized spacial score (nSPS) is 13.6. The van der Waals surface area contributed by atoms with Gasteiger partial charge in [0.1, 0.15) is 29.1 Å². The molecule has 1 aliphatic heterocycles. The van der Waals surface area contributed by atoms with E-state index in [9.17, 15) is 4.79 Å². The SMILES string of the molecule is C=C(N)c1cc2c(Oc3ccc4c(C(=O)N5CCCC5)coc4c3)ccnc2cc1OC. The Morgan fingerprint density at radius 1 is 1.09 bits per heavy atom. The molecule has 32 heavy (non-hydrogen) atoms. The van der Waals surface area contributed by atoms with Crippen LogP contribution in [0.2, 0.25) is 0 Å². The number of aromatic nitrogens is 1. The van der Waals surface area contributed by atoms with Gasteiger partial charge in [-0.3, -0.25) is 9.78 Å². The van der Waals surface area contributed by atoms with E-state index in [4.69, 9.17) is 19.6 Å². The number of carbonyl (C=O) groups is 1. The molecular formula is C25H23N3O4. The van der Waals surface area contributed by atoms with Crippen LogP contribution >= 0.6 is 0 Å². The fourth-order valence-electron chi connectivity index (χ4n) is 4.11. The number of carbonyl (C=O) groups excluding carboxylic acids is 1. The Morgan fingerprint density at radius 3 is 2.66 bits per heavy atom. The maximum absolute atomic E-state index is 12.8. The molecule has 5 rings (SSSR count). The molecule has 7 heteroatoms. The zero-order valence-electron chi connectivity index (χ0n) is 17.8. The van der Waals surface area contributed by atoms with Crippen LogP contribution in [0.1, 0.15) is 28.8 Å². The van der Waals surface area contributed by atoms with Gasteiger partial charge in [0.05, 0.1) is 18.2 Å². The van der Waals surface area contributed by atoms with Crippen LogP contribution in [-0.4, -0.2) is 36.0 Å². The minimum absolute atomic E-state index is 0.0125. The number of amides is 1. The van der Waals surface area contributed by atoms with Crippen LogP contribution in [0, 0.1) is 0 Å². The van der Waals surface area contributed by atoms with Crippen molar-refractivity contribution in [1.82, 2.24) is 9.88 Å². The molecule has 3 heterocycles. The second kappa shape index (κ2) is 7.92. The van der Waals surface area contributed by atoms with Crippen LogP contribution in [0.3, 0.4) is 0 Å². The zero-order valence-corrected chi connectivity index (χ0v) is 17.8. The monoisotopic (exact) mass is 429 g/mol. The number of likely N-dealkylation sites (tertiary alicyclic amines) is 1. The molecule has 1 amide bonds. The third kappa shape index (κ3) is 3.41. The molecule has 2 aromatic carbocycles. The molecule has 0 aliphatic carbocycles. The maximum atomic E-state index is 12.8. The van der Waals surface area contributed by atoms with E-state index < -0.39 is 0 Å². The van der Waals surface area contributed by atoms with Gasteiger partial charge in [0.2, 0.25) is 0 Å². The van der Waals surface area contributed by atoms with Crippen molar-refractivity contribution in [3.63, 3.8) is 0 Å². The molecule has 0 unspecified atom stereocenters. The van der Waals surface area contributed by atoms with Crippen molar-refractivity contribution in [2.75, 3.05) is 20.2 Å². The minimum atomic E-state index is 0.0125. The average molecular weight is 429 g/mol. The topological polar surface area (TPSA) is 90.8 Å². The molecule has 0 saturated carbocycles. The lowest BCUT2D eigenvalue weighted by Crippen LogP contribution is -2.27. The second-order valence-corrected chi connectivity index (χ2v) is 7.81. The largest absolute Gasteiger partial charge is 0.496 e. The summed E-state index contributed by atoms with van der Waals surface area (Å²) in [5, 5.41) is 1.56. The van der Waals surface area contributed by atoms with E-state index in [0.29, 0.717) is 45.2 Å². The van der Waals surface area contributed by atoms with Crippen molar-refractivity contribution in [2.45, 2.75) is 12.8 Å². The fourth-order valence-corrected chi connectivity index (χ4v) is 4.11. The van der Waals surface area contributed by atoms with Gasteiger partial charge in [-0.05, 0) is 37.1 Å². The molecule has 162 valence electrons. The number of rotatable bonds is 5. The highest BCUT2D eigenvalue weighted by atomic mass is 16.5. The quantitative estimate of drug-likeness (QED) is 0.483. The van der Waals surface area contributed by atoms with Gasteiger partial charge in [0.25, 0.3) is 5.91 Å². The molecule has 1 fully saturated rings. The second-order valence-electron chi connectivity index (χ2n) is 7.81. The van der Waals surface area contributed by atoms with Crippen molar-refractivity contribution in [2.24, 2.45) is 5.73 Å². The summed E-state index contributed by atoms with van der Waals surface area (Å²) in [6.07, 6.45) is 5.30. The standard InChI is InChI=1S/C25H23N3O4/c1-15(26)18-12-19-21(13-23(18)30-2)27-8-7-22(19)32-16-5-6-17-20(14-31-24(17)11-16)25(29)28-9-3-4-10-28/h5-8,11-14H,1,3-4,9-10,26H2,2H3. The Hall–Kier alpha value is -4.00. The van der Waals surface area contributed by atoms with E-state index in [1.807, 2.05) is 29.2 Å². The Morgan fingerprint density at radius 2 is 1.91 bits per heavy atom. The first-order chi connectivity index (χ1) is 15.5. The minimum Gasteiger partial charge on any atom is -0.496 e. The summed E-state index contributed by atoms with van der Waals surface area (Å²) in [4.78, 5) is 19.1. The van der Waals surface area contributed by atoms with Gasteiger partial charge in [-0.25, -0.2) is 0 Å². The summed E-state index contributed by atoms with van der Waals surface area (Å²) in [7, 11) is 1.58. The van der Waals surface area contributed by atoms with Gasteiger partial charge in [-0.1, -0.05) is 6.58 Å². The smallest absolute Gasteiger partial charge is 0.257 e. The molecule has 0 spiro atoms. The third-order valence-corrected chi connectivity index (χ3v) is 5.77. The highest BCUT2D eigenvalue weighted by Crippen LogP contribution is 2.36. The van der Waals surface area contributed by atoms with Crippen LogP contribution in [0.4, 0.5) is 0 Å². The molecule has 2 aromatic heterocycles. The molecule has 2 N–H and O–H groups in total. The molecule has 0 atom stereocenters. The Kier molecular flexibility index (Phi) is 4.93. The number of nitrogens with zero attached hydrogens (tertiary/aromatic N) is 2. The predicted octanol–water partition coefficient (Wildman–Crippen LogP) is 4.95. The summed E-state index contributed by atoms with van der Waals surface area (Å²) >= 11 is 0. The van der Waals surface area contributed by atoms with Crippen LogP contribution in [0.25, 0.3) is 27.6 Å². The molecule has 1 aliphatic rings. The molecule has 0 radical (unpaired) electrons. The van der Waals surface area contributed by atoms with Crippen LogP contribution in [-0.2, 0) is 0 Å². The summed E-state index contributed by atoms with van der Waals surface area (Å²) in [6.45, 7) is 5.42. The van der Waals surface area contributed by atoms with Crippen molar-refractivity contribution in [1.29, 1.82) is 0 Å². The molecule has 1 saturated heterocycles. The Balaban J connectivity index is 1.50. The van der Waals surface area contributed by atoms with Crippen molar-refractivity contribution in [3.05, 3.63) is 66.6 Å². The molecule has 4 aromatic rings. The van der Waals surface area contributed by atoms with E-state index in [-0.39, 0.29) is 5.91 Å². The first kappa shape index (κ1) is 19.9. The number of nitrogens with two attached hydrogens (primary N) is 1. The zero-order chi connectivity index (χ0) is 22.2. The van der Waals surface area contributed by atoms with Gasteiger partial charge < -0.3 is 24.5 Å². The van der Waals surface area contributed by atoms with Gasteiger partial charge >= 0.3 is 0 Å². The van der Waals surface area contributed by atoms with E-state index >= 15 is 0 Å². The number of methoxy groups -OCH3 is 1. The number of furan rings is 1. The van der Waals surface area contributed by atoms with Gasteiger partial charge in [0, 0.05) is 53.5 Å². The summed E-state index contributed by atoms with van der Waals surface area (Å²) in [5.74, 6) is 1.81. The lowest BCUT2D eigenvalue weighted by atomic mass is 10.1. The van der Waals surface area contributed by atoms with Crippen molar-refractivity contribution in [3.8, 4) is 17.2 Å². The fraction of sp³-hybridized carbons (Fsp3) is 0.200. The number of ether oxygens (including phenoxy) is 2. The Bertz CT molecular complexity index is 1350. The van der Waals surface area contributed by atoms with Crippen LogP contribution in [0.15, 0.2) is 59.9 Å². The number of pyridine rings is 1. The highest BCUT2D eigenvalue weighted by Gasteiger charge is 2.23. The number of benzene rings is 2. The summed E-state index contributed by atoms with van der Waals surface area (Å²) in [6, 6.07) is 10.9. The average Bonchev–Trinajstić information content (AvgIpc) is 3.48. The van der Waals surface area contributed by atoms with Crippen molar-refractivity contribution >= 4 is 33.5 Å². The first-order valence-electron chi connectivity index (χ1n) is 10.4. The van der Waals surface area contributed by atoms with Gasteiger partial charge in [-0.15, -0.1) is 0 Å². The van der Waals surface area contributed by atoms with E-state index in [2.05, 4.69) is 11.6 Å². The molecule has 0 bridgehead atoms. The lowest BCUT2D eigenvalue weighted by molar-refractivity contribution is 0.0793. The number of fused-ring (bicyclic) bond motifs is 2. The van der Waals surface area contributed by atoms with Crippen molar-refractivity contribution < 1.29 is 18.7 Å². The van der Waals surface area contributed by atoms with E-state index in [0.717, 1.165) is 36.7 Å². The Labute approximate surface area is 185 Å². The van der Waals surface area contributed by atoms with E-state index in [1.165, 1.54) is 6.26 Å². The predicted molar refractivity (Wildman–Crippen MR) is 123 cm³/mol. The number of hydrogen-bond donors (Lipinski definition) is 1. The highest BCUT2D eigenvalue weighted by molar-refractivity contribution is 6.06. The summed E-state index contributed by atoms with van der Waals surface area (Å²) < 4.78 is 17.3. The van der Waals surface area contributed by atoms with Crippen LogP contribution in [0.5, 0.6) is 17.2 Å². The number of hydrogen-bond acceptors (Lipinski definition) is 6. The maximum Gasteiger partial charge on any atom is 0.257 e. The lowest BCUT2D eigenvalue weighted by Gasteiger charge is -2.14. The first-order valence-corrected chi connectivity index (χ1v) is 10.4. The van der Waals surface area contributed by atoms with E-state index in [1.54, 1.807) is 25.4 Å². The van der Waals surface area contributed by atoms with Gasteiger partial charge in [-0.2, -0.15) is 0 Å². The third-order valence-electron chi connectivity index (χ3n) is 5.77. The summed E-state index contributed by atoms with van der Waals surface area (Å²) in [5.41, 5.74) is 8.91. The van der Waals surface area contributed by atoms with Crippen LogP contribution < -0.4 is 15.2 Å². The van der Waals surface area contributed by atoms with Gasteiger partial charge in [0.15, 0.2) is 0 Å². The molecule has 7 nitrogen and oxygen atoms in total. The molecular weight excluding hydrogens is 406 g/mol.